The number of esters is 1. The third-order valence-electron chi connectivity index (χ3n) is 2.64. The van der Waals surface area contributed by atoms with Gasteiger partial charge in [0.2, 0.25) is 5.91 Å². The highest BCUT2D eigenvalue weighted by Crippen LogP contribution is 2.10. The molecule has 0 radical (unpaired) electrons. The molecule has 0 saturated heterocycles. The van der Waals surface area contributed by atoms with Gasteiger partial charge in [-0.2, -0.15) is 0 Å². The van der Waals surface area contributed by atoms with Crippen molar-refractivity contribution in [1.29, 1.82) is 0 Å². The quantitative estimate of drug-likeness (QED) is 0.605. The molecule has 1 unspecified atom stereocenters. The van der Waals surface area contributed by atoms with Crippen molar-refractivity contribution in [3.05, 3.63) is 35.9 Å². The van der Waals surface area contributed by atoms with Gasteiger partial charge in [-0.3, -0.25) is 4.79 Å². The molecule has 0 fully saturated rings. The fourth-order valence-electron chi connectivity index (χ4n) is 1.60. The van der Waals surface area contributed by atoms with Crippen molar-refractivity contribution < 1.29 is 14.3 Å². The molecule has 0 spiro atoms. The molecular weight excluding hydrogens is 254 g/mol. The van der Waals surface area contributed by atoms with E-state index in [1.165, 1.54) is 12.0 Å². The van der Waals surface area contributed by atoms with Crippen LogP contribution in [-0.2, 0) is 20.9 Å². The summed E-state index contributed by atoms with van der Waals surface area (Å²) in [5.74, 6) is -0.906. The van der Waals surface area contributed by atoms with Gasteiger partial charge < -0.3 is 9.64 Å². The molecule has 0 bridgehead atoms. The number of amides is 1. The molecule has 1 aromatic rings. The summed E-state index contributed by atoms with van der Waals surface area (Å²) in [4.78, 5) is 24.7. The number of halogens is 1. The number of benzene rings is 1. The minimum atomic E-state index is -0.651. The van der Waals surface area contributed by atoms with Gasteiger partial charge in [-0.05, 0) is 12.5 Å². The molecule has 1 atom stereocenters. The third-order valence-corrected chi connectivity index (χ3v) is 2.87. The van der Waals surface area contributed by atoms with Gasteiger partial charge in [-0.1, -0.05) is 30.3 Å². The Morgan fingerprint density at radius 2 is 1.94 bits per heavy atom. The Morgan fingerprint density at radius 3 is 2.44 bits per heavy atom. The summed E-state index contributed by atoms with van der Waals surface area (Å²) in [5.41, 5.74) is 0.937. The van der Waals surface area contributed by atoms with Crippen LogP contribution >= 0.6 is 11.6 Å². The normalized spacial score (nSPS) is 11.7. The van der Waals surface area contributed by atoms with Crippen LogP contribution < -0.4 is 0 Å². The molecule has 1 rings (SSSR count). The summed E-state index contributed by atoms with van der Waals surface area (Å²) in [7, 11) is 1.30. The van der Waals surface area contributed by atoms with Crippen LogP contribution in [0.3, 0.4) is 0 Å². The molecule has 18 heavy (non-hydrogen) atoms. The Morgan fingerprint density at radius 1 is 1.33 bits per heavy atom. The third kappa shape index (κ3) is 3.74. The lowest BCUT2D eigenvalue weighted by atomic mass is 10.2. The highest BCUT2D eigenvalue weighted by molar-refractivity contribution is 6.27. The summed E-state index contributed by atoms with van der Waals surface area (Å²) in [6.45, 7) is 1.96. The monoisotopic (exact) mass is 269 g/mol. The number of rotatable bonds is 5. The summed E-state index contributed by atoms with van der Waals surface area (Å²) in [6, 6.07) is 8.77. The molecule has 0 aliphatic carbocycles. The average Bonchev–Trinajstić information content (AvgIpc) is 2.43. The van der Waals surface area contributed by atoms with E-state index in [4.69, 9.17) is 11.6 Å². The van der Waals surface area contributed by atoms with Crippen LogP contribution in [0.1, 0.15) is 12.5 Å². The number of alkyl halides is 1. The molecule has 4 nitrogen and oxygen atoms in total. The van der Waals surface area contributed by atoms with E-state index < -0.39 is 12.0 Å². The van der Waals surface area contributed by atoms with Gasteiger partial charge in [0, 0.05) is 6.54 Å². The van der Waals surface area contributed by atoms with Crippen molar-refractivity contribution in [2.45, 2.75) is 19.5 Å². The molecule has 0 aliphatic heterocycles. The highest BCUT2D eigenvalue weighted by atomic mass is 35.5. The molecule has 5 heteroatoms. The average molecular weight is 270 g/mol. The van der Waals surface area contributed by atoms with Crippen molar-refractivity contribution in [2.75, 3.05) is 13.0 Å². The summed E-state index contributed by atoms with van der Waals surface area (Å²) < 4.78 is 4.65. The van der Waals surface area contributed by atoms with E-state index >= 15 is 0 Å². The number of ether oxygens (including phenoxy) is 1. The Bertz CT molecular complexity index is 408. The Hall–Kier alpha value is -1.55. The zero-order valence-corrected chi connectivity index (χ0v) is 11.2. The topological polar surface area (TPSA) is 46.6 Å². The first-order chi connectivity index (χ1) is 8.60. The van der Waals surface area contributed by atoms with Gasteiger partial charge in [-0.25, -0.2) is 4.79 Å². The van der Waals surface area contributed by atoms with Crippen LogP contribution in [0.2, 0.25) is 0 Å². The molecule has 0 heterocycles. The number of hydrogen-bond donors (Lipinski definition) is 0. The summed E-state index contributed by atoms with van der Waals surface area (Å²) in [6.07, 6.45) is 0. The van der Waals surface area contributed by atoms with E-state index in [0.29, 0.717) is 6.54 Å². The van der Waals surface area contributed by atoms with E-state index in [1.807, 2.05) is 30.3 Å². The van der Waals surface area contributed by atoms with Crippen LogP contribution in [0.4, 0.5) is 0 Å². The van der Waals surface area contributed by atoms with Crippen molar-refractivity contribution in [3.63, 3.8) is 0 Å². The molecule has 0 aliphatic rings. The number of methoxy groups -OCH3 is 1. The second-order valence-corrected chi connectivity index (χ2v) is 4.11. The first-order valence-corrected chi connectivity index (χ1v) is 6.10. The predicted molar refractivity (Wildman–Crippen MR) is 69.2 cm³/mol. The van der Waals surface area contributed by atoms with Crippen molar-refractivity contribution in [3.8, 4) is 0 Å². The van der Waals surface area contributed by atoms with Gasteiger partial charge in [0.15, 0.2) is 0 Å². The first kappa shape index (κ1) is 14.5. The Kier molecular flexibility index (Phi) is 5.65. The van der Waals surface area contributed by atoms with Crippen molar-refractivity contribution >= 4 is 23.5 Å². The summed E-state index contributed by atoms with van der Waals surface area (Å²) in [5, 5.41) is 0. The maximum atomic E-state index is 11.8. The zero-order valence-electron chi connectivity index (χ0n) is 10.4. The lowest BCUT2D eigenvalue weighted by molar-refractivity contribution is -0.151. The van der Waals surface area contributed by atoms with E-state index in [0.717, 1.165) is 5.56 Å². The van der Waals surface area contributed by atoms with E-state index in [2.05, 4.69) is 4.74 Å². The maximum Gasteiger partial charge on any atom is 0.328 e. The van der Waals surface area contributed by atoms with Crippen molar-refractivity contribution in [1.82, 2.24) is 4.90 Å². The lowest BCUT2D eigenvalue weighted by Gasteiger charge is -2.26. The van der Waals surface area contributed by atoms with Gasteiger partial charge in [-0.15, -0.1) is 11.6 Å². The number of carbonyl (C=O) groups is 2. The Balaban J connectivity index is 2.86. The minimum absolute atomic E-state index is 0.159. The first-order valence-electron chi connectivity index (χ1n) is 5.57. The number of nitrogens with zero attached hydrogens (tertiary/aromatic N) is 1. The molecule has 0 aromatic heterocycles. The van der Waals surface area contributed by atoms with Crippen LogP contribution in [0.5, 0.6) is 0 Å². The maximum absolute atomic E-state index is 11.8. The number of hydrogen-bond acceptors (Lipinski definition) is 3. The van der Waals surface area contributed by atoms with E-state index in [1.54, 1.807) is 6.92 Å². The fraction of sp³-hybridized carbons (Fsp3) is 0.385. The largest absolute Gasteiger partial charge is 0.467 e. The predicted octanol–water partition coefficient (Wildman–Crippen LogP) is 1.82. The lowest BCUT2D eigenvalue weighted by Crippen LogP contribution is -2.43. The van der Waals surface area contributed by atoms with Crippen molar-refractivity contribution in [2.24, 2.45) is 0 Å². The second kappa shape index (κ2) is 7.01. The second-order valence-electron chi connectivity index (χ2n) is 3.84. The SMILES string of the molecule is COC(=O)C(C)N(Cc1ccccc1)C(=O)CCl. The fourth-order valence-corrected chi connectivity index (χ4v) is 1.75. The zero-order chi connectivity index (χ0) is 13.5. The molecule has 1 amide bonds. The summed E-state index contributed by atoms with van der Waals surface area (Å²) >= 11 is 5.56. The van der Waals surface area contributed by atoms with Crippen LogP contribution in [0.25, 0.3) is 0 Å². The molecular formula is C13H16ClNO3. The Labute approximate surface area is 111 Å². The molecule has 1 aromatic carbocycles. The smallest absolute Gasteiger partial charge is 0.328 e. The number of carbonyl (C=O) groups excluding carboxylic acids is 2. The minimum Gasteiger partial charge on any atom is -0.467 e. The standard InChI is InChI=1S/C13H16ClNO3/c1-10(13(17)18-2)15(12(16)8-14)9-11-6-4-3-5-7-11/h3-7,10H,8-9H2,1-2H3. The van der Waals surface area contributed by atoms with Gasteiger partial charge in [0.1, 0.15) is 11.9 Å². The van der Waals surface area contributed by atoms with Crippen LogP contribution in [-0.4, -0.2) is 35.8 Å². The van der Waals surface area contributed by atoms with Crippen LogP contribution in [0.15, 0.2) is 30.3 Å². The van der Waals surface area contributed by atoms with Gasteiger partial charge >= 0.3 is 5.97 Å². The van der Waals surface area contributed by atoms with Crippen LogP contribution in [0, 0.1) is 0 Å². The van der Waals surface area contributed by atoms with Gasteiger partial charge in [0.25, 0.3) is 0 Å². The van der Waals surface area contributed by atoms with E-state index in [9.17, 15) is 9.59 Å². The molecule has 0 N–H and O–H groups in total. The van der Waals surface area contributed by atoms with E-state index in [-0.39, 0.29) is 11.8 Å². The van der Waals surface area contributed by atoms with Gasteiger partial charge in [0.05, 0.1) is 7.11 Å². The molecule has 0 saturated carbocycles. The highest BCUT2D eigenvalue weighted by Gasteiger charge is 2.25. The molecule has 98 valence electrons.